The van der Waals surface area contributed by atoms with Gasteiger partial charge in [0, 0.05) is 12.1 Å². The number of carbonyl (C=O) groups excluding carboxylic acids is 2. The van der Waals surface area contributed by atoms with Crippen molar-refractivity contribution in [1.29, 1.82) is 0 Å². The summed E-state index contributed by atoms with van der Waals surface area (Å²) in [7, 11) is 0. The first-order valence-electron chi connectivity index (χ1n) is 6.25. The molecule has 114 valence electrons. The van der Waals surface area contributed by atoms with Gasteiger partial charge in [0.1, 0.15) is 11.6 Å². The molecule has 0 spiro atoms. The lowest BCUT2D eigenvalue weighted by Crippen LogP contribution is -2.43. The number of H-pyrrole nitrogens is 1. The van der Waals surface area contributed by atoms with Crippen molar-refractivity contribution in [3.63, 3.8) is 0 Å². The van der Waals surface area contributed by atoms with E-state index in [1.165, 1.54) is 0 Å². The van der Waals surface area contributed by atoms with Crippen molar-refractivity contribution >= 4 is 17.8 Å². The van der Waals surface area contributed by atoms with E-state index in [0.29, 0.717) is 11.3 Å². The molecule has 8 heteroatoms. The molecule has 1 aromatic rings. The molecule has 0 aliphatic heterocycles. The van der Waals surface area contributed by atoms with Crippen LogP contribution >= 0.6 is 0 Å². The summed E-state index contributed by atoms with van der Waals surface area (Å²) in [5, 5.41) is 11.2. The molecule has 8 nitrogen and oxygen atoms in total. The summed E-state index contributed by atoms with van der Waals surface area (Å²) in [6.07, 6.45) is -0.320. The molecule has 1 heterocycles. The number of aliphatic carboxylic acids is 1. The van der Waals surface area contributed by atoms with E-state index in [1.54, 1.807) is 19.9 Å². The topological polar surface area (TPSA) is 142 Å². The van der Waals surface area contributed by atoms with Gasteiger partial charge in [-0.2, -0.15) is 0 Å². The number of primary amides is 1. The van der Waals surface area contributed by atoms with Gasteiger partial charge in [0.15, 0.2) is 0 Å². The van der Waals surface area contributed by atoms with Crippen LogP contribution in [0.1, 0.15) is 34.5 Å². The van der Waals surface area contributed by atoms with Crippen molar-refractivity contribution in [2.45, 2.75) is 32.7 Å². The van der Waals surface area contributed by atoms with Crippen LogP contribution in [0.2, 0.25) is 0 Å². The van der Waals surface area contributed by atoms with E-state index >= 15 is 0 Å². The Morgan fingerprint density at radius 2 is 2.00 bits per heavy atom. The normalized spacial score (nSPS) is 11.7. The van der Waals surface area contributed by atoms with Crippen molar-refractivity contribution in [2.24, 2.45) is 5.73 Å². The van der Waals surface area contributed by atoms with Gasteiger partial charge in [-0.1, -0.05) is 0 Å². The van der Waals surface area contributed by atoms with E-state index < -0.39 is 29.4 Å². The van der Waals surface area contributed by atoms with Crippen LogP contribution in [0, 0.1) is 13.8 Å². The number of aryl methyl sites for hydroxylation is 2. The standard InChI is InChI=1S/C13H17N3O5/c1-6-5-7(2)15-11(18)10(6)12(19)16-8(13(20)21)3-4-9(14)17/h5,8H,3-4H2,1-2H3,(H2,14,17)(H,15,18)(H,16,19)(H,20,21). The minimum absolute atomic E-state index is 0.140. The van der Waals surface area contributed by atoms with Gasteiger partial charge in [0.2, 0.25) is 5.91 Å². The summed E-state index contributed by atoms with van der Waals surface area (Å²) in [5.41, 5.74) is 5.24. The Hall–Kier alpha value is -2.64. The average molecular weight is 295 g/mol. The van der Waals surface area contributed by atoms with Crippen molar-refractivity contribution in [2.75, 3.05) is 0 Å². The summed E-state index contributed by atoms with van der Waals surface area (Å²) in [5.74, 6) is -2.77. The van der Waals surface area contributed by atoms with Gasteiger partial charge < -0.3 is 21.1 Å². The number of nitrogens with one attached hydrogen (secondary N) is 2. The Bertz CT molecular complexity index is 635. The van der Waals surface area contributed by atoms with Crippen LogP contribution in [-0.2, 0) is 9.59 Å². The highest BCUT2D eigenvalue weighted by atomic mass is 16.4. The molecule has 0 aromatic carbocycles. The number of pyridine rings is 1. The van der Waals surface area contributed by atoms with Crippen LogP contribution < -0.4 is 16.6 Å². The third-order valence-corrected chi connectivity index (χ3v) is 2.88. The van der Waals surface area contributed by atoms with Gasteiger partial charge in [0.25, 0.3) is 11.5 Å². The van der Waals surface area contributed by atoms with Crippen LogP contribution in [0.15, 0.2) is 10.9 Å². The number of hydrogen-bond donors (Lipinski definition) is 4. The summed E-state index contributed by atoms with van der Waals surface area (Å²) in [6.45, 7) is 3.25. The van der Waals surface area contributed by atoms with Crippen LogP contribution in [0.3, 0.4) is 0 Å². The molecule has 0 bridgehead atoms. The summed E-state index contributed by atoms with van der Waals surface area (Å²) >= 11 is 0. The predicted octanol–water partition coefficient (Wildman–Crippen LogP) is -0.560. The second-order valence-electron chi connectivity index (χ2n) is 4.71. The van der Waals surface area contributed by atoms with E-state index in [4.69, 9.17) is 10.8 Å². The maximum absolute atomic E-state index is 12.0. The lowest BCUT2D eigenvalue weighted by atomic mass is 10.1. The average Bonchev–Trinajstić information content (AvgIpc) is 2.32. The Morgan fingerprint density at radius 3 is 2.48 bits per heavy atom. The van der Waals surface area contributed by atoms with Gasteiger partial charge in [-0.15, -0.1) is 0 Å². The number of amides is 2. The highest BCUT2D eigenvalue weighted by Gasteiger charge is 2.23. The number of carbonyl (C=O) groups is 3. The monoisotopic (exact) mass is 295 g/mol. The van der Waals surface area contributed by atoms with Crippen molar-refractivity contribution < 1.29 is 19.5 Å². The molecule has 0 saturated heterocycles. The van der Waals surface area contributed by atoms with Crippen molar-refractivity contribution in [1.82, 2.24) is 10.3 Å². The molecule has 1 unspecified atom stereocenters. The zero-order valence-corrected chi connectivity index (χ0v) is 11.7. The molecule has 5 N–H and O–H groups in total. The third kappa shape index (κ3) is 4.44. The fourth-order valence-electron chi connectivity index (χ4n) is 1.91. The molecule has 0 aliphatic carbocycles. The van der Waals surface area contributed by atoms with Gasteiger partial charge in [0.05, 0.1) is 0 Å². The maximum Gasteiger partial charge on any atom is 0.326 e. The lowest BCUT2D eigenvalue weighted by molar-refractivity contribution is -0.139. The molecule has 0 saturated carbocycles. The van der Waals surface area contributed by atoms with E-state index in [9.17, 15) is 19.2 Å². The summed E-state index contributed by atoms with van der Waals surface area (Å²) in [4.78, 5) is 48.0. The van der Waals surface area contributed by atoms with E-state index in [-0.39, 0.29) is 18.4 Å². The zero-order chi connectivity index (χ0) is 16.2. The predicted molar refractivity (Wildman–Crippen MR) is 73.9 cm³/mol. The van der Waals surface area contributed by atoms with E-state index in [0.717, 1.165) is 0 Å². The number of aromatic nitrogens is 1. The fourth-order valence-corrected chi connectivity index (χ4v) is 1.91. The molecular weight excluding hydrogens is 278 g/mol. The molecule has 2 amide bonds. The Morgan fingerprint density at radius 1 is 1.38 bits per heavy atom. The van der Waals surface area contributed by atoms with Crippen molar-refractivity contribution in [3.8, 4) is 0 Å². The number of hydrogen-bond acceptors (Lipinski definition) is 4. The SMILES string of the molecule is Cc1cc(C)c(C(=O)NC(CCC(N)=O)C(=O)O)c(=O)[nH]1. The van der Waals surface area contributed by atoms with Gasteiger partial charge >= 0.3 is 5.97 Å². The second-order valence-corrected chi connectivity index (χ2v) is 4.71. The van der Waals surface area contributed by atoms with Crippen LogP contribution in [-0.4, -0.2) is 33.9 Å². The first-order valence-corrected chi connectivity index (χ1v) is 6.25. The number of rotatable bonds is 6. The lowest BCUT2D eigenvalue weighted by Gasteiger charge is -2.14. The highest BCUT2D eigenvalue weighted by Crippen LogP contribution is 2.05. The second kappa shape index (κ2) is 6.69. The smallest absolute Gasteiger partial charge is 0.326 e. The molecular formula is C13H17N3O5. The Balaban J connectivity index is 2.95. The summed E-state index contributed by atoms with van der Waals surface area (Å²) < 4.78 is 0. The van der Waals surface area contributed by atoms with E-state index in [1.807, 2.05) is 0 Å². The fraction of sp³-hybridized carbons (Fsp3) is 0.385. The number of aromatic amines is 1. The van der Waals surface area contributed by atoms with Crippen LogP contribution in [0.5, 0.6) is 0 Å². The highest BCUT2D eigenvalue weighted by molar-refractivity contribution is 5.97. The van der Waals surface area contributed by atoms with Crippen LogP contribution in [0.4, 0.5) is 0 Å². The first-order chi connectivity index (χ1) is 9.72. The number of carboxylic acids is 1. The number of nitrogens with two attached hydrogens (primary N) is 1. The molecule has 0 fully saturated rings. The maximum atomic E-state index is 12.0. The van der Waals surface area contributed by atoms with Crippen molar-refractivity contribution in [3.05, 3.63) is 33.2 Å². The molecule has 1 aromatic heterocycles. The molecule has 0 radical (unpaired) electrons. The minimum Gasteiger partial charge on any atom is -0.480 e. The summed E-state index contributed by atoms with van der Waals surface area (Å²) in [6, 6.07) is 0.320. The molecule has 21 heavy (non-hydrogen) atoms. The molecule has 1 atom stereocenters. The minimum atomic E-state index is -1.30. The molecule has 0 aliphatic rings. The van der Waals surface area contributed by atoms with Gasteiger partial charge in [-0.25, -0.2) is 4.79 Å². The van der Waals surface area contributed by atoms with Gasteiger partial charge in [-0.05, 0) is 31.9 Å². The Kier molecular flexibility index (Phi) is 5.23. The first kappa shape index (κ1) is 16.4. The number of carboxylic acid groups (broad SMARTS) is 1. The van der Waals surface area contributed by atoms with E-state index in [2.05, 4.69) is 10.3 Å². The van der Waals surface area contributed by atoms with Gasteiger partial charge in [-0.3, -0.25) is 14.4 Å². The third-order valence-electron chi connectivity index (χ3n) is 2.88. The van der Waals surface area contributed by atoms with Crippen LogP contribution in [0.25, 0.3) is 0 Å². The molecule has 1 rings (SSSR count). The largest absolute Gasteiger partial charge is 0.480 e. The quantitative estimate of drug-likeness (QED) is 0.556. The Labute approximate surface area is 120 Å². The zero-order valence-electron chi connectivity index (χ0n) is 11.7.